The molecular formula is C28H28BrClN2O2. The van der Waals surface area contributed by atoms with Crippen molar-refractivity contribution < 1.29 is 9.53 Å². The molecule has 0 spiro atoms. The maximum absolute atomic E-state index is 13.8. The van der Waals surface area contributed by atoms with Gasteiger partial charge in [-0.3, -0.25) is 4.79 Å². The van der Waals surface area contributed by atoms with Crippen molar-refractivity contribution in [3.05, 3.63) is 93.7 Å². The number of nitrogens with one attached hydrogen (secondary N) is 1. The van der Waals surface area contributed by atoms with Gasteiger partial charge in [-0.25, -0.2) is 0 Å². The van der Waals surface area contributed by atoms with E-state index in [2.05, 4.69) is 28.2 Å². The Morgan fingerprint density at radius 3 is 2.56 bits per heavy atom. The third kappa shape index (κ3) is 5.38. The fraction of sp³-hybridized carbons (Fsp3) is 0.250. The van der Waals surface area contributed by atoms with E-state index in [1.54, 1.807) is 18.2 Å². The minimum Gasteiger partial charge on any atom is -0.492 e. The Bertz CT molecular complexity index is 1270. The first-order chi connectivity index (χ1) is 16.6. The number of ether oxygens (including phenoxy) is 1. The van der Waals surface area contributed by atoms with Crippen molar-refractivity contribution in [3.8, 4) is 16.9 Å². The molecule has 0 radical (unpaired) electrons. The Morgan fingerprint density at radius 2 is 1.79 bits per heavy atom. The Balaban J connectivity index is 1.58. The van der Waals surface area contributed by atoms with Crippen LogP contribution in [-0.2, 0) is 0 Å². The van der Waals surface area contributed by atoms with Crippen LogP contribution in [0.2, 0.25) is 5.02 Å². The maximum atomic E-state index is 13.8. The summed E-state index contributed by atoms with van der Waals surface area (Å²) >= 11 is 10.3. The highest BCUT2D eigenvalue weighted by atomic mass is 79.9. The van der Waals surface area contributed by atoms with Gasteiger partial charge in [-0.2, -0.15) is 0 Å². The van der Waals surface area contributed by atoms with Crippen molar-refractivity contribution in [2.24, 2.45) is 0 Å². The lowest BCUT2D eigenvalue weighted by molar-refractivity contribution is 0.103. The third-order valence-corrected chi connectivity index (χ3v) is 6.81. The number of nitrogens with zero attached hydrogens (tertiary/aromatic N) is 1. The van der Waals surface area contributed by atoms with Crippen LogP contribution in [0.25, 0.3) is 16.6 Å². The molecule has 0 atom stereocenters. The number of hydrogen-bond acceptors (Lipinski definition) is 3. The van der Waals surface area contributed by atoms with E-state index in [4.69, 9.17) is 16.3 Å². The monoisotopic (exact) mass is 538 g/mol. The van der Waals surface area contributed by atoms with Gasteiger partial charge in [0.25, 0.3) is 0 Å². The van der Waals surface area contributed by atoms with Gasteiger partial charge in [-0.15, -0.1) is 0 Å². The summed E-state index contributed by atoms with van der Waals surface area (Å²) in [5.74, 6) is 0.496. The predicted molar refractivity (Wildman–Crippen MR) is 143 cm³/mol. The second-order valence-corrected chi connectivity index (χ2v) is 9.34. The fourth-order valence-corrected chi connectivity index (χ4v) is 4.94. The van der Waals surface area contributed by atoms with Crippen molar-refractivity contribution in [1.82, 2.24) is 9.72 Å². The summed E-state index contributed by atoms with van der Waals surface area (Å²) in [7, 11) is 0. The van der Waals surface area contributed by atoms with Gasteiger partial charge in [-0.05, 0) is 77.8 Å². The fourth-order valence-electron chi connectivity index (χ4n) is 3.96. The van der Waals surface area contributed by atoms with Crippen LogP contribution in [0, 0.1) is 0 Å². The molecule has 0 aliphatic rings. The van der Waals surface area contributed by atoms with Gasteiger partial charge in [0, 0.05) is 17.3 Å². The normalized spacial score (nSPS) is 11.1. The number of ketones is 1. The Labute approximate surface area is 214 Å². The number of pyridine rings is 1. The molecule has 34 heavy (non-hydrogen) atoms. The molecule has 0 aliphatic carbocycles. The van der Waals surface area contributed by atoms with Crippen molar-refractivity contribution in [1.29, 1.82) is 0 Å². The smallest absolute Gasteiger partial charge is 0.210 e. The lowest BCUT2D eigenvalue weighted by Gasteiger charge is -2.11. The summed E-state index contributed by atoms with van der Waals surface area (Å²) in [5.41, 5.74) is 3.88. The van der Waals surface area contributed by atoms with Gasteiger partial charge >= 0.3 is 0 Å². The largest absolute Gasteiger partial charge is 0.492 e. The summed E-state index contributed by atoms with van der Waals surface area (Å²) in [5, 5.41) is 3.84. The van der Waals surface area contributed by atoms with Crippen LogP contribution in [0.4, 0.5) is 0 Å². The van der Waals surface area contributed by atoms with Crippen molar-refractivity contribution in [2.75, 3.05) is 19.7 Å². The van der Waals surface area contributed by atoms with E-state index < -0.39 is 0 Å². The molecule has 0 unspecified atom stereocenters. The number of aromatic nitrogens is 1. The van der Waals surface area contributed by atoms with Gasteiger partial charge in [0.1, 0.15) is 11.4 Å². The van der Waals surface area contributed by atoms with E-state index in [-0.39, 0.29) is 5.78 Å². The summed E-state index contributed by atoms with van der Waals surface area (Å²) in [6.45, 7) is 4.69. The molecular weight excluding hydrogens is 512 g/mol. The number of hydrogen-bond donors (Lipinski definition) is 1. The van der Waals surface area contributed by atoms with Crippen LogP contribution in [0.15, 0.2) is 77.4 Å². The average Bonchev–Trinajstić information content (AvgIpc) is 3.16. The second kappa shape index (κ2) is 11.7. The third-order valence-electron chi connectivity index (χ3n) is 5.72. The molecule has 176 valence electrons. The van der Waals surface area contributed by atoms with Crippen LogP contribution < -0.4 is 10.1 Å². The Morgan fingerprint density at radius 1 is 1.03 bits per heavy atom. The average molecular weight is 540 g/mol. The molecule has 0 aliphatic heterocycles. The molecule has 2 aromatic heterocycles. The molecule has 6 heteroatoms. The molecule has 4 aromatic rings. The zero-order valence-electron chi connectivity index (χ0n) is 19.2. The SMILES string of the molecule is CCCCNCCCOc1ccc(C(=O)c2c(-c3ccccc3)c(Br)c3ccccn23)cc1Cl. The molecule has 2 heterocycles. The maximum Gasteiger partial charge on any atom is 0.210 e. The molecule has 0 amide bonds. The minimum absolute atomic E-state index is 0.0978. The number of rotatable bonds is 11. The van der Waals surface area contributed by atoms with E-state index >= 15 is 0 Å². The zero-order chi connectivity index (χ0) is 23.9. The highest BCUT2D eigenvalue weighted by molar-refractivity contribution is 9.10. The van der Waals surface area contributed by atoms with Crippen molar-refractivity contribution >= 4 is 38.8 Å². The van der Waals surface area contributed by atoms with Crippen LogP contribution in [0.5, 0.6) is 5.75 Å². The molecule has 4 nitrogen and oxygen atoms in total. The number of carbonyl (C=O) groups excluding carboxylic acids is 1. The van der Waals surface area contributed by atoms with Gasteiger partial charge in [0.15, 0.2) is 0 Å². The van der Waals surface area contributed by atoms with Crippen molar-refractivity contribution in [2.45, 2.75) is 26.2 Å². The number of carbonyl (C=O) groups is 1. The number of benzene rings is 2. The first-order valence-corrected chi connectivity index (χ1v) is 12.8. The molecule has 0 saturated carbocycles. The van der Waals surface area contributed by atoms with Crippen LogP contribution in [0.3, 0.4) is 0 Å². The molecule has 0 bridgehead atoms. The zero-order valence-corrected chi connectivity index (χ0v) is 21.5. The molecule has 4 rings (SSSR count). The van der Waals surface area contributed by atoms with E-state index in [1.165, 1.54) is 12.8 Å². The highest BCUT2D eigenvalue weighted by Gasteiger charge is 2.24. The Hall–Kier alpha value is -2.60. The molecule has 0 fully saturated rings. The standard InChI is InChI=1S/C28H28BrClN2O2/c1-2-3-15-31-16-9-18-34-24-14-13-21(19-22(24)30)28(33)27-25(20-10-5-4-6-11-20)26(29)23-12-7-8-17-32(23)27/h4-8,10-14,17,19,31H,2-3,9,15-16,18H2,1H3. The second-order valence-electron chi connectivity index (χ2n) is 8.14. The van der Waals surface area contributed by atoms with Crippen LogP contribution >= 0.6 is 27.5 Å². The van der Waals surface area contributed by atoms with Crippen LogP contribution in [0.1, 0.15) is 42.2 Å². The molecule has 1 N–H and O–H groups in total. The number of fused-ring (bicyclic) bond motifs is 1. The minimum atomic E-state index is -0.0978. The van der Waals surface area contributed by atoms with Gasteiger partial charge < -0.3 is 14.5 Å². The van der Waals surface area contributed by atoms with Crippen LogP contribution in [-0.4, -0.2) is 29.9 Å². The quantitative estimate of drug-likeness (QED) is 0.159. The van der Waals surface area contributed by atoms with E-state index in [0.717, 1.165) is 40.6 Å². The molecule has 0 saturated heterocycles. The summed E-state index contributed by atoms with van der Waals surface area (Å²) in [6, 6.07) is 21.1. The lowest BCUT2D eigenvalue weighted by Crippen LogP contribution is -2.18. The molecule has 2 aromatic carbocycles. The summed E-state index contributed by atoms with van der Waals surface area (Å²) < 4.78 is 8.67. The van der Waals surface area contributed by atoms with E-state index in [1.807, 2.05) is 59.1 Å². The first-order valence-electron chi connectivity index (χ1n) is 11.6. The van der Waals surface area contributed by atoms with Gasteiger partial charge in [0.2, 0.25) is 5.78 Å². The first kappa shape index (κ1) is 24.5. The predicted octanol–water partition coefficient (Wildman–Crippen LogP) is 7.41. The van der Waals surface area contributed by atoms with Gasteiger partial charge in [-0.1, -0.05) is 61.3 Å². The topological polar surface area (TPSA) is 42.7 Å². The number of unbranched alkanes of at least 4 members (excludes halogenated alkanes) is 1. The van der Waals surface area contributed by atoms with Crippen molar-refractivity contribution in [3.63, 3.8) is 0 Å². The van der Waals surface area contributed by atoms with E-state index in [9.17, 15) is 4.79 Å². The summed E-state index contributed by atoms with van der Waals surface area (Å²) in [4.78, 5) is 13.8. The Kier molecular flexibility index (Phi) is 8.44. The van der Waals surface area contributed by atoms with E-state index in [0.29, 0.717) is 28.6 Å². The summed E-state index contributed by atoms with van der Waals surface area (Å²) in [6.07, 6.45) is 5.17. The van der Waals surface area contributed by atoms with Gasteiger partial charge in [0.05, 0.1) is 21.6 Å². The number of halogens is 2. The lowest BCUT2D eigenvalue weighted by atomic mass is 10.00. The highest BCUT2D eigenvalue weighted by Crippen LogP contribution is 2.38.